The Kier molecular flexibility index (Phi) is 4.72. The van der Waals surface area contributed by atoms with Crippen molar-refractivity contribution in [3.63, 3.8) is 0 Å². The van der Waals surface area contributed by atoms with Crippen molar-refractivity contribution >= 4 is 0 Å². The van der Waals surface area contributed by atoms with E-state index in [9.17, 15) is 0 Å². The van der Waals surface area contributed by atoms with Gasteiger partial charge in [-0.25, -0.2) is 0 Å². The second-order valence-corrected chi connectivity index (χ2v) is 5.63. The van der Waals surface area contributed by atoms with Crippen LogP contribution >= 0.6 is 0 Å². The molecule has 0 bridgehead atoms. The highest BCUT2D eigenvalue weighted by molar-refractivity contribution is 5.49. The van der Waals surface area contributed by atoms with Crippen LogP contribution in [0.25, 0.3) is 11.5 Å². The molecule has 1 saturated heterocycles. The molecular formula is C16H23N3O2. The standard InChI is InChI=1S/C16H23N3O2/c1-2-19(11-13-6-3-4-8-17-13)12-14-10-16(21-18-14)15-7-5-9-20-15/h5,7,9-10,13,17H,2-4,6,8,11-12H2,1H3. The lowest BCUT2D eigenvalue weighted by atomic mass is 10.0. The molecule has 0 saturated carbocycles. The second-order valence-electron chi connectivity index (χ2n) is 5.63. The Morgan fingerprint density at radius 1 is 1.38 bits per heavy atom. The van der Waals surface area contributed by atoms with Gasteiger partial charge in [-0.05, 0) is 38.1 Å². The SMILES string of the molecule is CCN(Cc1cc(-c2ccco2)on1)CC1CCCCN1. The van der Waals surface area contributed by atoms with Gasteiger partial charge in [0.2, 0.25) is 5.76 Å². The van der Waals surface area contributed by atoms with Crippen LogP contribution in [-0.2, 0) is 6.54 Å². The van der Waals surface area contributed by atoms with Gasteiger partial charge < -0.3 is 14.3 Å². The molecule has 2 aromatic heterocycles. The predicted octanol–water partition coefficient (Wildman–Crippen LogP) is 2.90. The maximum Gasteiger partial charge on any atom is 0.202 e. The second kappa shape index (κ2) is 6.91. The number of furan rings is 1. The Bertz CT molecular complexity index is 529. The van der Waals surface area contributed by atoms with Gasteiger partial charge in [0.15, 0.2) is 5.76 Å². The van der Waals surface area contributed by atoms with Gasteiger partial charge in [-0.1, -0.05) is 18.5 Å². The number of hydrogen-bond acceptors (Lipinski definition) is 5. The van der Waals surface area contributed by atoms with E-state index in [-0.39, 0.29) is 0 Å². The molecule has 1 fully saturated rings. The first kappa shape index (κ1) is 14.4. The maximum absolute atomic E-state index is 5.36. The largest absolute Gasteiger partial charge is 0.461 e. The number of aromatic nitrogens is 1. The van der Waals surface area contributed by atoms with Crippen molar-refractivity contribution in [2.24, 2.45) is 0 Å². The van der Waals surface area contributed by atoms with Crippen molar-refractivity contribution < 1.29 is 8.94 Å². The Balaban J connectivity index is 1.58. The predicted molar refractivity (Wildman–Crippen MR) is 80.8 cm³/mol. The van der Waals surface area contributed by atoms with Crippen LogP contribution in [0.3, 0.4) is 0 Å². The molecule has 5 nitrogen and oxygen atoms in total. The van der Waals surface area contributed by atoms with E-state index in [1.165, 1.54) is 19.3 Å². The van der Waals surface area contributed by atoms with Gasteiger partial charge in [0.1, 0.15) is 0 Å². The van der Waals surface area contributed by atoms with Crippen LogP contribution in [0.1, 0.15) is 31.9 Å². The zero-order valence-corrected chi connectivity index (χ0v) is 12.5. The fourth-order valence-corrected chi connectivity index (χ4v) is 2.85. The summed E-state index contributed by atoms with van der Waals surface area (Å²) in [5, 5.41) is 7.75. The monoisotopic (exact) mass is 289 g/mol. The summed E-state index contributed by atoms with van der Waals surface area (Å²) < 4.78 is 10.7. The molecule has 0 radical (unpaired) electrons. The lowest BCUT2D eigenvalue weighted by molar-refractivity contribution is 0.221. The zero-order valence-electron chi connectivity index (χ0n) is 12.5. The average Bonchev–Trinajstić information content (AvgIpc) is 3.18. The van der Waals surface area contributed by atoms with E-state index in [4.69, 9.17) is 8.94 Å². The van der Waals surface area contributed by atoms with Crippen molar-refractivity contribution in [1.82, 2.24) is 15.4 Å². The molecule has 1 aliphatic rings. The van der Waals surface area contributed by atoms with E-state index in [0.717, 1.165) is 37.6 Å². The highest BCUT2D eigenvalue weighted by Gasteiger charge is 2.17. The summed E-state index contributed by atoms with van der Waals surface area (Å²) in [6.07, 6.45) is 5.55. The summed E-state index contributed by atoms with van der Waals surface area (Å²) >= 11 is 0. The van der Waals surface area contributed by atoms with Crippen molar-refractivity contribution in [3.8, 4) is 11.5 Å². The number of nitrogens with zero attached hydrogens (tertiary/aromatic N) is 2. The molecule has 1 unspecified atom stereocenters. The van der Waals surface area contributed by atoms with E-state index in [0.29, 0.717) is 11.8 Å². The summed E-state index contributed by atoms with van der Waals surface area (Å²) in [7, 11) is 0. The fraction of sp³-hybridized carbons (Fsp3) is 0.562. The number of rotatable bonds is 6. The fourth-order valence-electron chi connectivity index (χ4n) is 2.85. The molecule has 5 heteroatoms. The normalized spacial score (nSPS) is 19.2. The molecule has 21 heavy (non-hydrogen) atoms. The van der Waals surface area contributed by atoms with Gasteiger partial charge in [-0.2, -0.15) is 0 Å². The number of hydrogen-bond donors (Lipinski definition) is 1. The number of nitrogens with one attached hydrogen (secondary N) is 1. The van der Waals surface area contributed by atoms with Crippen LogP contribution < -0.4 is 5.32 Å². The van der Waals surface area contributed by atoms with E-state index in [2.05, 4.69) is 22.3 Å². The van der Waals surface area contributed by atoms with Crippen LogP contribution in [0, 0.1) is 0 Å². The molecule has 1 atom stereocenters. The molecule has 1 aliphatic heterocycles. The van der Waals surface area contributed by atoms with Crippen LogP contribution in [0.5, 0.6) is 0 Å². The topological polar surface area (TPSA) is 54.4 Å². The molecule has 0 aromatic carbocycles. The molecule has 0 amide bonds. The molecule has 0 aliphatic carbocycles. The Morgan fingerprint density at radius 2 is 2.33 bits per heavy atom. The third-order valence-electron chi connectivity index (χ3n) is 4.05. The lowest BCUT2D eigenvalue weighted by Gasteiger charge is -2.29. The molecule has 3 rings (SSSR count). The van der Waals surface area contributed by atoms with Crippen LogP contribution in [0.2, 0.25) is 0 Å². The van der Waals surface area contributed by atoms with Gasteiger partial charge in [-0.15, -0.1) is 0 Å². The first-order valence-corrected chi connectivity index (χ1v) is 7.80. The first-order valence-electron chi connectivity index (χ1n) is 7.80. The van der Waals surface area contributed by atoms with Crippen molar-refractivity contribution in [2.45, 2.75) is 38.8 Å². The number of piperidine rings is 1. The quantitative estimate of drug-likeness (QED) is 0.886. The Labute approximate surface area is 125 Å². The molecule has 114 valence electrons. The maximum atomic E-state index is 5.36. The van der Waals surface area contributed by atoms with Gasteiger partial charge in [0, 0.05) is 25.2 Å². The highest BCUT2D eigenvalue weighted by Crippen LogP contribution is 2.21. The minimum absolute atomic E-state index is 0.607. The molecular weight excluding hydrogens is 266 g/mol. The molecule has 2 aromatic rings. The Hall–Kier alpha value is -1.59. The average molecular weight is 289 g/mol. The first-order chi connectivity index (χ1) is 10.3. The smallest absolute Gasteiger partial charge is 0.202 e. The van der Waals surface area contributed by atoms with Crippen molar-refractivity contribution in [3.05, 3.63) is 30.2 Å². The molecule has 3 heterocycles. The van der Waals surface area contributed by atoms with Crippen LogP contribution in [-0.4, -0.2) is 35.7 Å². The zero-order chi connectivity index (χ0) is 14.5. The van der Waals surface area contributed by atoms with Crippen molar-refractivity contribution in [1.29, 1.82) is 0 Å². The van der Waals surface area contributed by atoms with E-state index in [1.54, 1.807) is 6.26 Å². The minimum atomic E-state index is 0.607. The summed E-state index contributed by atoms with van der Waals surface area (Å²) in [5.74, 6) is 1.42. The van der Waals surface area contributed by atoms with Crippen LogP contribution in [0.15, 0.2) is 33.4 Å². The van der Waals surface area contributed by atoms with Crippen LogP contribution in [0.4, 0.5) is 0 Å². The minimum Gasteiger partial charge on any atom is -0.461 e. The summed E-state index contributed by atoms with van der Waals surface area (Å²) in [6.45, 7) is 6.24. The molecule has 1 N–H and O–H groups in total. The van der Waals surface area contributed by atoms with E-state index < -0.39 is 0 Å². The van der Waals surface area contributed by atoms with Gasteiger partial charge in [0.05, 0.1) is 12.0 Å². The third-order valence-corrected chi connectivity index (χ3v) is 4.05. The number of likely N-dealkylation sites (N-methyl/N-ethyl adjacent to an activating group) is 1. The van der Waals surface area contributed by atoms with E-state index >= 15 is 0 Å². The van der Waals surface area contributed by atoms with Gasteiger partial charge >= 0.3 is 0 Å². The Morgan fingerprint density at radius 3 is 3.05 bits per heavy atom. The summed E-state index contributed by atoms with van der Waals surface area (Å²) in [5.41, 5.74) is 0.957. The van der Waals surface area contributed by atoms with Gasteiger partial charge in [0.25, 0.3) is 0 Å². The van der Waals surface area contributed by atoms with E-state index in [1.807, 2.05) is 18.2 Å². The summed E-state index contributed by atoms with van der Waals surface area (Å²) in [4.78, 5) is 2.41. The third kappa shape index (κ3) is 3.74. The lowest BCUT2D eigenvalue weighted by Crippen LogP contribution is -2.43. The van der Waals surface area contributed by atoms with Crippen molar-refractivity contribution in [2.75, 3.05) is 19.6 Å². The summed E-state index contributed by atoms with van der Waals surface area (Å²) in [6, 6.07) is 6.31. The van der Waals surface area contributed by atoms with Gasteiger partial charge in [-0.3, -0.25) is 4.90 Å². The highest BCUT2D eigenvalue weighted by atomic mass is 16.5. The molecule has 0 spiro atoms.